The quantitative estimate of drug-likeness (QED) is 0.700. The number of carbonyl (C=O) groups is 2. The fourth-order valence-electron chi connectivity index (χ4n) is 3.49. The van der Waals surface area contributed by atoms with E-state index in [4.69, 9.17) is 0 Å². The standard InChI is InChI=1S/C15H17NO2/c1-16-10-15(8-4-5-11(17)9-15)13-7-3-2-6-12(13)14(16)18/h2-3,6-7H,4-5,8-10H2,1H3. The average Bonchev–Trinajstić information content (AvgIpc) is 2.36. The number of likely N-dealkylation sites (N-methyl/N-ethyl adjacent to an activating group) is 1. The molecular formula is C15H17NO2. The molecule has 3 heteroatoms. The summed E-state index contributed by atoms with van der Waals surface area (Å²) in [6.45, 7) is 0.675. The van der Waals surface area contributed by atoms with Crippen LogP contribution in [-0.4, -0.2) is 30.2 Å². The molecule has 18 heavy (non-hydrogen) atoms. The van der Waals surface area contributed by atoms with Crippen LogP contribution in [-0.2, 0) is 10.2 Å². The van der Waals surface area contributed by atoms with Crippen molar-refractivity contribution in [3.8, 4) is 0 Å². The molecular weight excluding hydrogens is 226 g/mol. The Morgan fingerprint density at radius 3 is 2.78 bits per heavy atom. The predicted octanol–water partition coefficient (Wildman–Crippen LogP) is 2.15. The third kappa shape index (κ3) is 1.57. The molecule has 1 aromatic rings. The van der Waals surface area contributed by atoms with E-state index < -0.39 is 0 Å². The van der Waals surface area contributed by atoms with Crippen LogP contribution >= 0.6 is 0 Å². The minimum Gasteiger partial charge on any atom is -0.341 e. The Hall–Kier alpha value is -1.64. The van der Waals surface area contributed by atoms with Crippen molar-refractivity contribution in [3.05, 3.63) is 35.4 Å². The third-order valence-electron chi connectivity index (χ3n) is 4.26. The predicted molar refractivity (Wildman–Crippen MR) is 68.6 cm³/mol. The zero-order chi connectivity index (χ0) is 12.8. The Balaban J connectivity index is 2.14. The van der Waals surface area contributed by atoms with Crippen LogP contribution in [0.25, 0.3) is 0 Å². The number of amides is 1. The van der Waals surface area contributed by atoms with Gasteiger partial charge < -0.3 is 4.90 Å². The molecule has 1 saturated carbocycles. The van der Waals surface area contributed by atoms with Crippen LogP contribution in [0.2, 0.25) is 0 Å². The van der Waals surface area contributed by atoms with Crippen LogP contribution < -0.4 is 0 Å². The van der Waals surface area contributed by atoms with E-state index in [-0.39, 0.29) is 11.3 Å². The van der Waals surface area contributed by atoms with Gasteiger partial charge in [0.15, 0.2) is 0 Å². The van der Waals surface area contributed by atoms with Gasteiger partial charge in [0.1, 0.15) is 5.78 Å². The summed E-state index contributed by atoms with van der Waals surface area (Å²) in [5.41, 5.74) is 1.73. The minimum absolute atomic E-state index is 0.0780. The lowest BCUT2D eigenvalue weighted by Gasteiger charge is -2.44. The second-order valence-electron chi connectivity index (χ2n) is 5.56. The summed E-state index contributed by atoms with van der Waals surface area (Å²) in [6.07, 6.45) is 3.23. The molecule has 1 unspecified atom stereocenters. The van der Waals surface area contributed by atoms with Gasteiger partial charge in [-0.1, -0.05) is 18.2 Å². The number of rotatable bonds is 0. The Morgan fingerprint density at radius 1 is 1.22 bits per heavy atom. The second-order valence-corrected chi connectivity index (χ2v) is 5.56. The van der Waals surface area contributed by atoms with E-state index >= 15 is 0 Å². The normalized spacial score (nSPS) is 27.5. The number of ketones is 1. The van der Waals surface area contributed by atoms with Crippen molar-refractivity contribution in [2.45, 2.75) is 31.1 Å². The average molecular weight is 243 g/mol. The van der Waals surface area contributed by atoms with E-state index in [1.54, 1.807) is 4.90 Å². The fraction of sp³-hybridized carbons (Fsp3) is 0.467. The summed E-state index contributed by atoms with van der Waals surface area (Å²) in [5.74, 6) is 0.410. The van der Waals surface area contributed by atoms with Gasteiger partial charge in [-0.2, -0.15) is 0 Å². The number of carbonyl (C=O) groups excluding carboxylic acids is 2. The van der Waals surface area contributed by atoms with Gasteiger partial charge in [0, 0.05) is 37.4 Å². The van der Waals surface area contributed by atoms with Gasteiger partial charge in [0.05, 0.1) is 0 Å². The first-order valence-electron chi connectivity index (χ1n) is 6.49. The van der Waals surface area contributed by atoms with Crippen molar-refractivity contribution in [3.63, 3.8) is 0 Å². The molecule has 0 saturated heterocycles. The molecule has 1 spiro atoms. The topological polar surface area (TPSA) is 37.4 Å². The number of Topliss-reactive ketones (excluding diaryl/α,β-unsaturated/α-hetero) is 1. The monoisotopic (exact) mass is 243 g/mol. The van der Waals surface area contributed by atoms with Gasteiger partial charge in [0.2, 0.25) is 0 Å². The zero-order valence-electron chi connectivity index (χ0n) is 10.6. The van der Waals surface area contributed by atoms with Gasteiger partial charge in [0.25, 0.3) is 5.91 Å². The second kappa shape index (κ2) is 3.94. The van der Waals surface area contributed by atoms with Crippen molar-refractivity contribution in [2.75, 3.05) is 13.6 Å². The Kier molecular flexibility index (Phi) is 2.51. The van der Waals surface area contributed by atoms with Gasteiger partial charge in [-0.25, -0.2) is 0 Å². The summed E-state index contributed by atoms with van der Waals surface area (Å²) in [4.78, 5) is 25.8. The first-order valence-corrected chi connectivity index (χ1v) is 6.49. The van der Waals surface area contributed by atoms with E-state index in [9.17, 15) is 9.59 Å². The first-order chi connectivity index (χ1) is 8.62. The van der Waals surface area contributed by atoms with Crippen LogP contribution in [0.1, 0.15) is 41.6 Å². The van der Waals surface area contributed by atoms with Crippen LogP contribution in [0.4, 0.5) is 0 Å². The van der Waals surface area contributed by atoms with Crippen molar-refractivity contribution >= 4 is 11.7 Å². The van der Waals surface area contributed by atoms with Gasteiger partial charge in [-0.05, 0) is 24.5 Å². The summed E-state index contributed by atoms with van der Waals surface area (Å²) in [7, 11) is 1.83. The summed E-state index contributed by atoms with van der Waals surface area (Å²) in [5, 5.41) is 0. The van der Waals surface area contributed by atoms with E-state index in [1.165, 1.54) is 0 Å². The Labute approximate surface area is 107 Å². The van der Waals surface area contributed by atoms with Crippen molar-refractivity contribution in [2.24, 2.45) is 0 Å². The molecule has 0 N–H and O–H groups in total. The molecule has 3 nitrogen and oxygen atoms in total. The molecule has 94 valence electrons. The van der Waals surface area contributed by atoms with Crippen LogP contribution in [0.3, 0.4) is 0 Å². The minimum atomic E-state index is -0.130. The van der Waals surface area contributed by atoms with Gasteiger partial charge >= 0.3 is 0 Å². The molecule has 1 aromatic carbocycles. The van der Waals surface area contributed by atoms with Crippen LogP contribution in [0.15, 0.2) is 24.3 Å². The van der Waals surface area contributed by atoms with Gasteiger partial charge in [-0.3, -0.25) is 9.59 Å². The molecule has 1 aliphatic carbocycles. The zero-order valence-corrected chi connectivity index (χ0v) is 10.6. The molecule has 1 heterocycles. The number of nitrogens with zero attached hydrogens (tertiary/aromatic N) is 1. The van der Waals surface area contributed by atoms with E-state index in [0.29, 0.717) is 25.2 Å². The Bertz CT molecular complexity index is 523. The van der Waals surface area contributed by atoms with E-state index in [1.807, 2.05) is 31.3 Å². The Morgan fingerprint density at radius 2 is 2.00 bits per heavy atom. The number of benzene rings is 1. The maximum atomic E-state index is 12.2. The number of hydrogen-bond acceptors (Lipinski definition) is 2. The SMILES string of the molecule is CN1CC2(CCCC(=O)C2)c2ccccc2C1=O. The molecule has 0 bridgehead atoms. The van der Waals surface area contributed by atoms with Crippen LogP contribution in [0, 0.1) is 0 Å². The molecule has 1 fully saturated rings. The molecule has 1 amide bonds. The van der Waals surface area contributed by atoms with Gasteiger partial charge in [-0.15, -0.1) is 0 Å². The molecule has 0 radical (unpaired) electrons. The molecule has 1 aliphatic heterocycles. The summed E-state index contributed by atoms with van der Waals surface area (Å²) in [6, 6.07) is 7.78. The molecule has 2 aliphatic rings. The first kappa shape index (κ1) is 11.5. The van der Waals surface area contributed by atoms with Crippen LogP contribution in [0.5, 0.6) is 0 Å². The smallest absolute Gasteiger partial charge is 0.253 e. The van der Waals surface area contributed by atoms with Crippen molar-refractivity contribution in [1.82, 2.24) is 4.90 Å². The lowest BCUT2D eigenvalue weighted by molar-refractivity contribution is -0.122. The van der Waals surface area contributed by atoms with Crippen molar-refractivity contribution in [1.29, 1.82) is 0 Å². The fourth-order valence-corrected chi connectivity index (χ4v) is 3.49. The van der Waals surface area contributed by atoms with E-state index in [2.05, 4.69) is 0 Å². The maximum absolute atomic E-state index is 12.2. The highest BCUT2D eigenvalue weighted by Crippen LogP contribution is 2.42. The molecule has 3 rings (SSSR count). The lowest BCUT2D eigenvalue weighted by Crippen LogP contribution is -2.50. The highest BCUT2D eigenvalue weighted by atomic mass is 16.2. The van der Waals surface area contributed by atoms with Crippen molar-refractivity contribution < 1.29 is 9.59 Å². The van der Waals surface area contributed by atoms with E-state index in [0.717, 1.165) is 24.0 Å². The molecule has 0 aromatic heterocycles. The number of hydrogen-bond donors (Lipinski definition) is 0. The summed E-state index contributed by atoms with van der Waals surface area (Å²) < 4.78 is 0. The summed E-state index contributed by atoms with van der Waals surface area (Å²) >= 11 is 0. The lowest BCUT2D eigenvalue weighted by atomic mass is 9.66. The maximum Gasteiger partial charge on any atom is 0.253 e. The molecule has 1 atom stereocenters. The highest BCUT2D eigenvalue weighted by Gasteiger charge is 2.44. The third-order valence-corrected chi connectivity index (χ3v) is 4.26. The highest BCUT2D eigenvalue weighted by molar-refractivity contribution is 5.98. The number of fused-ring (bicyclic) bond motifs is 2. The largest absolute Gasteiger partial charge is 0.341 e.